The van der Waals surface area contributed by atoms with Gasteiger partial charge in [0.15, 0.2) is 21.3 Å². The van der Waals surface area contributed by atoms with Crippen molar-refractivity contribution in [3.63, 3.8) is 0 Å². The van der Waals surface area contributed by atoms with Crippen LogP contribution >= 0.6 is 24.0 Å². The molecule has 2 aliphatic heterocycles. The first-order valence-electron chi connectivity index (χ1n) is 7.15. The first kappa shape index (κ1) is 17.2. The van der Waals surface area contributed by atoms with Crippen LogP contribution in [-0.4, -0.2) is 53.3 Å². The van der Waals surface area contributed by atoms with Crippen LogP contribution in [0, 0.1) is 0 Å². The molecule has 0 spiro atoms. The predicted molar refractivity (Wildman–Crippen MR) is 96.7 cm³/mol. The van der Waals surface area contributed by atoms with Gasteiger partial charge in [0.2, 0.25) is 0 Å². The van der Waals surface area contributed by atoms with E-state index in [1.54, 1.807) is 18.2 Å². The topological polar surface area (TPSA) is 83.9 Å². The highest BCUT2D eigenvalue weighted by Crippen LogP contribution is 2.37. The molecule has 1 amide bonds. The summed E-state index contributed by atoms with van der Waals surface area (Å²) in [6.45, 7) is 0. The van der Waals surface area contributed by atoms with Crippen LogP contribution in [0.3, 0.4) is 0 Å². The smallest absolute Gasteiger partial charge is 0.266 e. The Labute approximate surface area is 149 Å². The summed E-state index contributed by atoms with van der Waals surface area (Å²) >= 11 is 6.41. The molecule has 1 N–H and O–H groups in total. The van der Waals surface area contributed by atoms with E-state index in [0.29, 0.717) is 27.0 Å². The summed E-state index contributed by atoms with van der Waals surface area (Å²) in [5.41, 5.74) is 0.684. The van der Waals surface area contributed by atoms with Gasteiger partial charge in [0.25, 0.3) is 5.91 Å². The van der Waals surface area contributed by atoms with Gasteiger partial charge in [0, 0.05) is 0 Å². The van der Waals surface area contributed by atoms with Crippen LogP contribution in [0.25, 0.3) is 6.08 Å². The number of rotatable bonds is 3. The van der Waals surface area contributed by atoms with E-state index in [1.165, 1.54) is 18.1 Å². The number of carbonyl (C=O) groups is 1. The maximum atomic E-state index is 12.6. The molecule has 0 bridgehead atoms. The van der Waals surface area contributed by atoms with Crippen LogP contribution in [-0.2, 0) is 14.6 Å². The molecule has 2 fully saturated rings. The van der Waals surface area contributed by atoms with Crippen LogP contribution in [0.5, 0.6) is 11.5 Å². The fourth-order valence-corrected chi connectivity index (χ4v) is 5.81. The zero-order chi connectivity index (χ0) is 17.5. The van der Waals surface area contributed by atoms with Gasteiger partial charge in [-0.05, 0) is 30.2 Å². The summed E-state index contributed by atoms with van der Waals surface area (Å²) in [6, 6.07) is 4.36. The zero-order valence-electron chi connectivity index (χ0n) is 12.8. The van der Waals surface area contributed by atoms with E-state index < -0.39 is 9.84 Å². The normalized spacial score (nSPS) is 24.8. The van der Waals surface area contributed by atoms with Crippen molar-refractivity contribution >= 4 is 50.1 Å². The molecule has 0 aliphatic carbocycles. The molecule has 0 radical (unpaired) electrons. The number of phenols is 1. The second-order valence-electron chi connectivity index (χ2n) is 5.54. The van der Waals surface area contributed by atoms with Crippen LogP contribution in [0.4, 0.5) is 0 Å². The summed E-state index contributed by atoms with van der Waals surface area (Å²) in [5, 5.41) is 9.62. The van der Waals surface area contributed by atoms with Crippen molar-refractivity contribution < 1.29 is 23.1 Å². The van der Waals surface area contributed by atoms with Crippen LogP contribution < -0.4 is 4.74 Å². The standard InChI is InChI=1S/C15H15NO5S3/c1-21-12-6-9(2-3-11(12)17)7-13-14(18)16(15(22)23-13)10-4-5-24(19,20)8-10/h2-3,6-7,10,17H,4-5,8H2,1H3/b13-7-. The number of ether oxygens (including phenoxy) is 1. The van der Waals surface area contributed by atoms with Crippen molar-refractivity contribution in [2.75, 3.05) is 18.6 Å². The maximum absolute atomic E-state index is 12.6. The molecule has 0 aromatic heterocycles. The van der Waals surface area contributed by atoms with E-state index in [9.17, 15) is 18.3 Å². The van der Waals surface area contributed by atoms with Gasteiger partial charge >= 0.3 is 0 Å². The van der Waals surface area contributed by atoms with E-state index in [-0.39, 0.29) is 29.2 Å². The number of thiocarbonyl (C=S) groups is 1. The minimum atomic E-state index is -3.10. The van der Waals surface area contributed by atoms with Gasteiger partial charge in [-0.2, -0.15) is 0 Å². The fraction of sp³-hybridized carbons (Fsp3) is 0.333. The lowest BCUT2D eigenvalue weighted by Crippen LogP contribution is -2.39. The highest BCUT2D eigenvalue weighted by Gasteiger charge is 2.42. The Balaban J connectivity index is 1.86. The van der Waals surface area contributed by atoms with Gasteiger partial charge in [0.1, 0.15) is 4.32 Å². The summed E-state index contributed by atoms with van der Waals surface area (Å²) in [4.78, 5) is 14.5. The Kier molecular flexibility index (Phi) is 4.58. The van der Waals surface area contributed by atoms with Crippen LogP contribution in [0.2, 0.25) is 0 Å². The van der Waals surface area contributed by atoms with Gasteiger partial charge < -0.3 is 9.84 Å². The van der Waals surface area contributed by atoms with Gasteiger partial charge in [-0.15, -0.1) is 0 Å². The molecule has 24 heavy (non-hydrogen) atoms. The maximum Gasteiger partial charge on any atom is 0.266 e. The van der Waals surface area contributed by atoms with Crippen molar-refractivity contribution in [1.82, 2.24) is 4.90 Å². The zero-order valence-corrected chi connectivity index (χ0v) is 15.2. The molecule has 0 saturated carbocycles. The monoisotopic (exact) mass is 385 g/mol. The molecule has 1 aromatic rings. The third-order valence-corrected chi connectivity index (χ3v) is 6.98. The minimum Gasteiger partial charge on any atom is -0.504 e. The van der Waals surface area contributed by atoms with Gasteiger partial charge in [-0.25, -0.2) is 8.42 Å². The Hall–Kier alpha value is -1.58. The number of hydrogen-bond acceptors (Lipinski definition) is 7. The number of nitrogens with zero attached hydrogens (tertiary/aromatic N) is 1. The molecule has 1 unspecified atom stereocenters. The second kappa shape index (κ2) is 6.38. The minimum absolute atomic E-state index is 0.0124. The summed E-state index contributed by atoms with van der Waals surface area (Å²) < 4.78 is 28.7. The lowest BCUT2D eigenvalue weighted by molar-refractivity contribution is -0.123. The lowest BCUT2D eigenvalue weighted by atomic mass is 10.1. The number of benzene rings is 1. The molecular weight excluding hydrogens is 370 g/mol. The number of thioether (sulfide) groups is 1. The van der Waals surface area contributed by atoms with E-state index >= 15 is 0 Å². The number of amides is 1. The summed E-state index contributed by atoms with van der Waals surface area (Å²) in [6.07, 6.45) is 2.07. The van der Waals surface area contributed by atoms with Crippen LogP contribution in [0.15, 0.2) is 23.1 Å². The van der Waals surface area contributed by atoms with Crippen LogP contribution in [0.1, 0.15) is 12.0 Å². The Morgan fingerprint density at radius 2 is 2.21 bits per heavy atom. The van der Waals surface area contributed by atoms with E-state index in [0.717, 1.165) is 11.8 Å². The Morgan fingerprint density at radius 1 is 1.46 bits per heavy atom. The highest BCUT2D eigenvalue weighted by atomic mass is 32.2. The molecule has 2 aliphatic rings. The quantitative estimate of drug-likeness (QED) is 0.627. The lowest BCUT2D eigenvalue weighted by Gasteiger charge is -2.20. The van der Waals surface area contributed by atoms with Crippen molar-refractivity contribution in [2.45, 2.75) is 12.5 Å². The largest absolute Gasteiger partial charge is 0.504 e. The number of carbonyl (C=O) groups excluding carboxylic acids is 1. The first-order valence-corrected chi connectivity index (χ1v) is 10.2. The highest BCUT2D eigenvalue weighted by molar-refractivity contribution is 8.26. The number of phenolic OH excluding ortho intramolecular Hbond substituents is 1. The second-order valence-corrected chi connectivity index (χ2v) is 9.44. The molecule has 9 heteroatoms. The van der Waals surface area contributed by atoms with Crippen molar-refractivity contribution in [3.8, 4) is 11.5 Å². The predicted octanol–water partition coefficient (Wildman–Crippen LogP) is 1.79. The molecule has 1 atom stereocenters. The summed E-state index contributed by atoms with van der Waals surface area (Å²) in [7, 11) is -1.65. The van der Waals surface area contributed by atoms with Gasteiger partial charge in [0.05, 0.1) is 29.6 Å². The molecule has 3 rings (SSSR count). The van der Waals surface area contributed by atoms with E-state index in [1.807, 2.05) is 0 Å². The van der Waals surface area contributed by atoms with Crippen molar-refractivity contribution in [3.05, 3.63) is 28.7 Å². The molecule has 2 saturated heterocycles. The SMILES string of the molecule is COc1cc(/C=C2\SC(=S)N(C3CCS(=O)(=O)C3)C2=O)ccc1O. The fourth-order valence-electron chi connectivity index (χ4n) is 2.71. The average Bonchev–Trinajstić information content (AvgIpc) is 3.00. The molecule has 2 heterocycles. The number of hydrogen-bond donors (Lipinski definition) is 1. The first-order chi connectivity index (χ1) is 11.3. The molecule has 1 aromatic carbocycles. The third-order valence-electron chi connectivity index (χ3n) is 3.90. The van der Waals surface area contributed by atoms with E-state index in [4.69, 9.17) is 17.0 Å². The molecular formula is C15H15NO5S3. The number of sulfone groups is 1. The third kappa shape index (κ3) is 3.28. The average molecular weight is 385 g/mol. The molecule has 128 valence electrons. The Morgan fingerprint density at radius 3 is 2.83 bits per heavy atom. The van der Waals surface area contributed by atoms with Gasteiger partial charge in [-0.3, -0.25) is 9.69 Å². The molecule has 6 nitrogen and oxygen atoms in total. The Bertz CT molecular complexity index is 847. The van der Waals surface area contributed by atoms with Crippen molar-refractivity contribution in [2.24, 2.45) is 0 Å². The van der Waals surface area contributed by atoms with E-state index in [2.05, 4.69) is 0 Å². The van der Waals surface area contributed by atoms with Crippen molar-refractivity contribution in [1.29, 1.82) is 0 Å². The summed E-state index contributed by atoms with van der Waals surface area (Å²) in [5.74, 6) is 0.0847. The van der Waals surface area contributed by atoms with Gasteiger partial charge in [-0.1, -0.05) is 30.0 Å². The number of methoxy groups -OCH3 is 1. The number of aromatic hydroxyl groups is 1.